The maximum atomic E-state index is 3.66. The molecule has 3 rings (SSSR count). The first-order chi connectivity index (χ1) is 9.79. The molecule has 0 amide bonds. The largest absolute Gasteiger partial charge is 0.313 e. The van der Waals surface area contributed by atoms with Crippen molar-refractivity contribution in [3.63, 3.8) is 0 Å². The van der Waals surface area contributed by atoms with E-state index in [1.807, 2.05) is 0 Å². The second-order valence-corrected chi connectivity index (χ2v) is 7.14. The minimum Gasteiger partial charge on any atom is -0.313 e. The number of hydrogen-bond acceptors (Lipinski definition) is 4. The van der Waals surface area contributed by atoms with E-state index in [0.29, 0.717) is 0 Å². The van der Waals surface area contributed by atoms with Gasteiger partial charge in [-0.1, -0.05) is 0 Å². The molecule has 0 radical (unpaired) electrons. The third-order valence-corrected chi connectivity index (χ3v) is 5.18. The fourth-order valence-corrected chi connectivity index (χ4v) is 3.50. The maximum absolute atomic E-state index is 3.66. The molecule has 4 heteroatoms. The van der Waals surface area contributed by atoms with Crippen molar-refractivity contribution < 1.29 is 0 Å². The SMILES string of the molecule is CN1CCN(CCN(CC2CC2)CC2CCCN2)CC1. The molecule has 2 saturated heterocycles. The van der Waals surface area contributed by atoms with E-state index in [4.69, 9.17) is 0 Å². The normalized spacial score (nSPS) is 29.4. The minimum atomic E-state index is 0.765. The zero-order chi connectivity index (χ0) is 13.8. The minimum absolute atomic E-state index is 0.765. The number of piperazine rings is 1. The van der Waals surface area contributed by atoms with E-state index in [0.717, 1.165) is 12.0 Å². The zero-order valence-electron chi connectivity index (χ0n) is 13.2. The van der Waals surface area contributed by atoms with Gasteiger partial charge >= 0.3 is 0 Å². The summed E-state index contributed by atoms with van der Waals surface area (Å²) < 4.78 is 0. The van der Waals surface area contributed by atoms with Crippen molar-refractivity contribution in [1.82, 2.24) is 20.0 Å². The molecule has 3 fully saturated rings. The van der Waals surface area contributed by atoms with Crippen LogP contribution in [0.4, 0.5) is 0 Å². The van der Waals surface area contributed by atoms with Gasteiger partial charge in [-0.15, -0.1) is 0 Å². The van der Waals surface area contributed by atoms with E-state index in [-0.39, 0.29) is 0 Å². The van der Waals surface area contributed by atoms with Crippen LogP contribution in [0.3, 0.4) is 0 Å². The monoisotopic (exact) mass is 280 g/mol. The van der Waals surface area contributed by atoms with Crippen molar-refractivity contribution in [2.45, 2.75) is 31.7 Å². The lowest BCUT2D eigenvalue weighted by Crippen LogP contribution is -2.48. The first kappa shape index (κ1) is 14.8. The van der Waals surface area contributed by atoms with Crippen LogP contribution in [0.2, 0.25) is 0 Å². The molecule has 0 aromatic carbocycles. The standard InChI is InChI=1S/C16H32N4/c1-18-7-9-19(10-8-18)11-12-20(13-15-4-5-15)14-16-3-2-6-17-16/h15-17H,2-14H2,1H3. The van der Waals surface area contributed by atoms with Gasteiger partial charge in [-0.2, -0.15) is 0 Å². The lowest BCUT2D eigenvalue weighted by atomic mass is 10.2. The third kappa shape index (κ3) is 4.69. The van der Waals surface area contributed by atoms with Gasteiger partial charge in [-0.3, -0.25) is 4.90 Å². The first-order valence-corrected chi connectivity index (χ1v) is 8.66. The molecule has 20 heavy (non-hydrogen) atoms. The molecule has 2 aliphatic heterocycles. The van der Waals surface area contributed by atoms with Crippen LogP contribution in [-0.4, -0.2) is 86.7 Å². The van der Waals surface area contributed by atoms with Crippen LogP contribution in [-0.2, 0) is 0 Å². The molecule has 1 saturated carbocycles. The van der Waals surface area contributed by atoms with Gasteiger partial charge in [0.1, 0.15) is 0 Å². The fraction of sp³-hybridized carbons (Fsp3) is 1.00. The summed E-state index contributed by atoms with van der Waals surface area (Å²) in [7, 11) is 2.24. The van der Waals surface area contributed by atoms with Crippen LogP contribution in [0.15, 0.2) is 0 Å². The predicted molar refractivity (Wildman–Crippen MR) is 84.1 cm³/mol. The highest BCUT2D eigenvalue weighted by Gasteiger charge is 2.26. The molecule has 0 bridgehead atoms. The average molecular weight is 280 g/mol. The molecular weight excluding hydrogens is 248 g/mol. The number of rotatable bonds is 7. The van der Waals surface area contributed by atoms with Crippen molar-refractivity contribution in [1.29, 1.82) is 0 Å². The van der Waals surface area contributed by atoms with Gasteiger partial charge in [0, 0.05) is 58.4 Å². The Hall–Kier alpha value is -0.160. The van der Waals surface area contributed by atoms with Crippen molar-refractivity contribution >= 4 is 0 Å². The predicted octanol–water partition coefficient (Wildman–Crippen LogP) is 0.698. The molecule has 0 aromatic heterocycles. The summed E-state index contributed by atoms with van der Waals surface area (Å²) in [5, 5.41) is 3.66. The summed E-state index contributed by atoms with van der Waals surface area (Å²) >= 11 is 0. The van der Waals surface area contributed by atoms with Crippen molar-refractivity contribution in [2.24, 2.45) is 5.92 Å². The summed E-state index contributed by atoms with van der Waals surface area (Å²) in [6.07, 6.45) is 5.71. The number of nitrogens with zero attached hydrogens (tertiary/aromatic N) is 3. The molecule has 1 aliphatic carbocycles. The lowest BCUT2D eigenvalue weighted by Gasteiger charge is -2.34. The highest BCUT2D eigenvalue weighted by molar-refractivity contribution is 4.83. The Morgan fingerprint density at radius 2 is 1.85 bits per heavy atom. The van der Waals surface area contributed by atoms with E-state index in [1.54, 1.807) is 0 Å². The van der Waals surface area contributed by atoms with Gasteiger partial charge in [0.05, 0.1) is 0 Å². The molecule has 2 heterocycles. The Morgan fingerprint density at radius 3 is 2.50 bits per heavy atom. The zero-order valence-corrected chi connectivity index (χ0v) is 13.2. The third-order valence-electron chi connectivity index (χ3n) is 5.18. The highest BCUT2D eigenvalue weighted by Crippen LogP contribution is 2.29. The van der Waals surface area contributed by atoms with E-state index >= 15 is 0 Å². The lowest BCUT2D eigenvalue weighted by molar-refractivity contribution is 0.130. The molecule has 1 atom stereocenters. The molecular formula is C16H32N4. The summed E-state index contributed by atoms with van der Waals surface area (Å²) in [5.41, 5.74) is 0. The van der Waals surface area contributed by atoms with E-state index in [9.17, 15) is 0 Å². The molecule has 116 valence electrons. The maximum Gasteiger partial charge on any atom is 0.0195 e. The van der Waals surface area contributed by atoms with Crippen molar-refractivity contribution in [3.8, 4) is 0 Å². The fourth-order valence-electron chi connectivity index (χ4n) is 3.50. The van der Waals surface area contributed by atoms with Gasteiger partial charge < -0.3 is 15.1 Å². The van der Waals surface area contributed by atoms with Gasteiger partial charge in [-0.25, -0.2) is 0 Å². The summed E-state index contributed by atoms with van der Waals surface area (Å²) in [6, 6.07) is 0.765. The number of hydrogen-bond donors (Lipinski definition) is 1. The molecule has 0 spiro atoms. The van der Waals surface area contributed by atoms with Crippen LogP contribution in [0.25, 0.3) is 0 Å². The Balaban J connectivity index is 1.40. The topological polar surface area (TPSA) is 21.8 Å². The van der Waals surface area contributed by atoms with Gasteiger partial charge in [0.2, 0.25) is 0 Å². The van der Waals surface area contributed by atoms with Crippen LogP contribution in [0.5, 0.6) is 0 Å². The molecule has 4 nitrogen and oxygen atoms in total. The quantitative estimate of drug-likeness (QED) is 0.741. The number of nitrogens with one attached hydrogen (secondary N) is 1. The number of likely N-dealkylation sites (N-methyl/N-ethyl adjacent to an activating group) is 1. The average Bonchev–Trinajstić information content (AvgIpc) is 3.11. The molecule has 1 N–H and O–H groups in total. The Kier molecular flexibility index (Phi) is 5.32. The summed E-state index contributed by atoms with van der Waals surface area (Å²) in [6.45, 7) is 11.4. The first-order valence-electron chi connectivity index (χ1n) is 8.66. The highest BCUT2D eigenvalue weighted by atomic mass is 15.3. The molecule has 0 aromatic rings. The van der Waals surface area contributed by atoms with E-state index in [1.165, 1.54) is 84.6 Å². The van der Waals surface area contributed by atoms with Crippen molar-refractivity contribution in [2.75, 3.05) is 66.0 Å². The smallest absolute Gasteiger partial charge is 0.0195 e. The van der Waals surface area contributed by atoms with Crippen LogP contribution in [0, 0.1) is 5.92 Å². The molecule has 3 aliphatic rings. The second kappa shape index (κ2) is 7.21. The van der Waals surface area contributed by atoms with Crippen LogP contribution < -0.4 is 5.32 Å². The summed E-state index contributed by atoms with van der Waals surface area (Å²) in [5.74, 6) is 1.02. The van der Waals surface area contributed by atoms with Crippen molar-refractivity contribution in [3.05, 3.63) is 0 Å². The van der Waals surface area contributed by atoms with E-state index < -0.39 is 0 Å². The van der Waals surface area contributed by atoms with Gasteiger partial charge in [0.15, 0.2) is 0 Å². The van der Waals surface area contributed by atoms with Gasteiger partial charge in [0.25, 0.3) is 0 Å². The van der Waals surface area contributed by atoms with Crippen LogP contribution in [0.1, 0.15) is 25.7 Å². The Labute approximate surface area is 124 Å². The Morgan fingerprint density at radius 1 is 1.05 bits per heavy atom. The van der Waals surface area contributed by atoms with Gasteiger partial charge in [-0.05, 0) is 45.2 Å². The molecule has 1 unspecified atom stereocenters. The Bertz CT molecular complexity index is 278. The second-order valence-electron chi connectivity index (χ2n) is 7.14. The summed E-state index contributed by atoms with van der Waals surface area (Å²) in [4.78, 5) is 7.85. The van der Waals surface area contributed by atoms with Crippen LogP contribution >= 0.6 is 0 Å². The van der Waals surface area contributed by atoms with E-state index in [2.05, 4.69) is 27.1 Å².